The lowest BCUT2D eigenvalue weighted by Gasteiger charge is -2.26. The highest BCUT2D eigenvalue weighted by molar-refractivity contribution is 6.19. The Morgan fingerprint density at radius 1 is 0.773 bits per heavy atom. The molecule has 2 aliphatic rings. The molecular formula is C66H76ClN13O17. The molecule has 2 aliphatic heterocycles. The highest BCUT2D eigenvalue weighted by Gasteiger charge is 2.37. The number of aliphatic carboxylic acids is 1. The van der Waals surface area contributed by atoms with Crippen molar-refractivity contribution in [2.45, 2.75) is 76.6 Å². The Morgan fingerprint density at radius 2 is 1.48 bits per heavy atom. The first-order chi connectivity index (χ1) is 46.5. The van der Waals surface area contributed by atoms with E-state index in [1.165, 1.54) is 52.2 Å². The lowest BCUT2D eigenvalue weighted by Crippen LogP contribution is -2.54. The number of alkyl carbamates (subject to hydrolysis) is 1. The number of likely N-dealkylation sites (N-methyl/N-ethyl adjacent to an activating group) is 1. The third kappa shape index (κ3) is 19.6. The number of phenols is 1. The Labute approximate surface area is 561 Å². The van der Waals surface area contributed by atoms with Gasteiger partial charge in [0.25, 0.3) is 23.6 Å². The summed E-state index contributed by atoms with van der Waals surface area (Å²) in [5.74, 6) is -4.87. The van der Waals surface area contributed by atoms with E-state index in [1.807, 2.05) is 12.1 Å². The zero-order chi connectivity index (χ0) is 69.9. The van der Waals surface area contributed by atoms with Crippen LogP contribution in [0.3, 0.4) is 0 Å². The Bertz CT molecular complexity index is 3910. The number of imidazole rings is 1. The van der Waals surface area contributed by atoms with Gasteiger partial charge in [0.05, 0.1) is 31.1 Å². The third-order valence-corrected chi connectivity index (χ3v) is 16.2. The van der Waals surface area contributed by atoms with E-state index in [1.54, 1.807) is 79.0 Å². The van der Waals surface area contributed by atoms with Crippen molar-refractivity contribution in [1.82, 2.24) is 40.0 Å². The molecule has 31 heteroatoms. The summed E-state index contributed by atoms with van der Waals surface area (Å²) in [4.78, 5) is 152. The second-order valence-electron chi connectivity index (χ2n) is 23.2. The number of unbranched alkanes of at least 4 members (excludes halogenated alkanes) is 1. The first-order valence-electron chi connectivity index (χ1n) is 31.1. The van der Waals surface area contributed by atoms with Gasteiger partial charge in [0.15, 0.2) is 0 Å². The van der Waals surface area contributed by atoms with Crippen LogP contribution in [0.15, 0.2) is 116 Å². The van der Waals surface area contributed by atoms with Gasteiger partial charge in [-0.15, -0.1) is 11.6 Å². The maximum absolute atomic E-state index is 14.6. The number of carboxylic acids is 1. The zero-order valence-electron chi connectivity index (χ0n) is 53.4. The number of carbonyl (C=O) groups is 11. The Kier molecular flexibility index (Phi) is 25.2. The fourth-order valence-corrected chi connectivity index (χ4v) is 10.8. The average Bonchev–Trinajstić information content (AvgIpc) is 1.61. The second-order valence-corrected chi connectivity index (χ2v) is 23.5. The molecule has 11 N–H and O–H groups in total. The summed E-state index contributed by atoms with van der Waals surface area (Å²) < 4.78 is 24.0. The molecule has 1 unspecified atom stereocenters. The van der Waals surface area contributed by atoms with Crippen molar-refractivity contribution in [1.29, 1.82) is 0 Å². The summed E-state index contributed by atoms with van der Waals surface area (Å²) >= 11 is 6.61. The maximum atomic E-state index is 14.6. The summed E-state index contributed by atoms with van der Waals surface area (Å²) in [7, 11) is 1.47. The third-order valence-electron chi connectivity index (χ3n) is 15.8. The molecule has 0 aliphatic carbocycles. The fourth-order valence-electron chi connectivity index (χ4n) is 10.6. The van der Waals surface area contributed by atoms with Crippen LogP contribution in [0.25, 0.3) is 16.4 Å². The van der Waals surface area contributed by atoms with Crippen molar-refractivity contribution in [3.05, 3.63) is 138 Å². The number of amides is 11. The molecule has 6 aromatic rings. The lowest BCUT2D eigenvalue weighted by molar-refractivity contribution is -0.139. The molecule has 4 heterocycles. The minimum atomic E-state index is -1.17. The molecule has 4 atom stereocenters. The normalized spacial score (nSPS) is 14.1. The molecule has 0 saturated heterocycles. The monoisotopic (exact) mass is 1360 g/mol. The van der Waals surface area contributed by atoms with E-state index in [9.17, 15) is 63.0 Å². The van der Waals surface area contributed by atoms with Gasteiger partial charge >= 0.3 is 30.3 Å². The van der Waals surface area contributed by atoms with Gasteiger partial charge in [0, 0.05) is 98.8 Å². The minimum absolute atomic E-state index is 0.00270. The molecule has 0 spiro atoms. The van der Waals surface area contributed by atoms with Gasteiger partial charge in [-0.3, -0.25) is 38.5 Å². The predicted octanol–water partition coefficient (Wildman–Crippen LogP) is 5.64. The van der Waals surface area contributed by atoms with Crippen LogP contribution in [0, 0.1) is 5.92 Å². The molecule has 2 aromatic heterocycles. The molecule has 8 rings (SSSR count). The number of nitrogens with zero attached hydrogens (tertiary/aromatic N) is 6. The molecule has 4 aromatic carbocycles. The van der Waals surface area contributed by atoms with Crippen LogP contribution in [0.4, 0.5) is 36.2 Å². The number of primary amides is 1. The molecule has 30 nitrogen and oxygen atoms in total. The van der Waals surface area contributed by atoms with E-state index < -0.39 is 89.8 Å². The molecule has 514 valence electrons. The number of hydrogen-bond acceptors (Lipinski definition) is 18. The van der Waals surface area contributed by atoms with Gasteiger partial charge in [-0.2, -0.15) is 0 Å². The number of alkyl halides is 1. The van der Waals surface area contributed by atoms with Gasteiger partial charge in [-0.05, 0) is 103 Å². The topological polar surface area (TPSA) is 408 Å². The van der Waals surface area contributed by atoms with Crippen LogP contribution >= 0.6 is 11.6 Å². The van der Waals surface area contributed by atoms with Crippen LogP contribution in [-0.4, -0.2) is 190 Å². The largest absolute Gasteiger partial charge is 0.508 e. The summed E-state index contributed by atoms with van der Waals surface area (Å²) in [6, 6.07) is 19.9. The lowest BCUT2D eigenvalue weighted by atomic mass is 9.95. The zero-order valence-corrected chi connectivity index (χ0v) is 54.2. The molecule has 97 heavy (non-hydrogen) atoms. The summed E-state index contributed by atoms with van der Waals surface area (Å²) in [5.41, 5.74) is 14.3. The highest BCUT2D eigenvalue weighted by Crippen LogP contribution is 2.46. The number of aromatic hydroxyl groups is 1. The molecule has 0 fully saturated rings. The number of ether oxygens (including phenoxy) is 4. The fraction of sp³-hybridized carbons (Fsp3) is 0.364. The van der Waals surface area contributed by atoms with Crippen molar-refractivity contribution in [2.24, 2.45) is 17.4 Å². The van der Waals surface area contributed by atoms with Gasteiger partial charge in [0.2, 0.25) is 11.8 Å². The quantitative estimate of drug-likeness (QED) is 0.0140. The van der Waals surface area contributed by atoms with E-state index in [2.05, 4.69) is 31.6 Å². The van der Waals surface area contributed by atoms with Gasteiger partial charge in [0.1, 0.15) is 54.2 Å². The van der Waals surface area contributed by atoms with Crippen molar-refractivity contribution < 1.29 is 81.9 Å². The van der Waals surface area contributed by atoms with E-state index >= 15 is 0 Å². The first kappa shape index (κ1) is 72.0. The van der Waals surface area contributed by atoms with Crippen LogP contribution in [0.1, 0.15) is 83.8 Å². The number of phenolic OH excluding ortho intramolecular Hbond substituents is 1. The number of imide groups is 1. The van der Waals surface area contributed by atoms with Crippen molar-refractivity contribution in [2.75, 3.05) is 87.6 Å². The summed E-state index contributed by atoms with van der Waals surface area (Å²) in [6.07, 6.45) is 3.94. The van der Waals surface area contributed by atoms with E-state index in [-0.39, 0.29) is 114 Å². The number of carboxylic acid groups (broad SMARTS) is 1. The number of rotatable bonds is 32. The number of carbonyl (C=O) groups excluding carboxylic acids is 10. The van der Waals surface area contributed by atoms with E-state index in [4.69, 9.17) is 42.0 Å². The number of urea groups is 1. The number of anilines is 3. The highest BCUT2D eigenvalue weighted by atomic mass is 35.5. The second kappa shape index (κ2) is 34.0. The smallest absolute Gasteiger partial charge is 0.415 e. The predicted molar refractivity (Wildman–Crippen MR) is 354 cm³/mol. The number of aromatic nitrogens is 2. The van der Waals surface area contributed by atoms with Crippen molar-refractivity contribution in [3.8, 4) is 11.5 Å². The summed E-state index contributed by atoms with van der Waals surface area (Å²) in [5, 5.41) is 33.5. The molecule has 11 amide bonds. The van der Waals surface area contributed by atoms with Crippen LogP contribution in [-0.2, 0) is 44.8 Å². The molecule has 0 bridgehead atoms. The van der Waals surface area contributed by atoms with Gasteiger partial charge < -0.3 is 86.3 Å². The molecule has 0 radical (unpaired) electrons. The van der Waals surface area contributed by atoms with Crippen molar-refractivity contribution >= 4 is 111 Å². The summed E-state index contributed by atoms with van der Waals surface area (Å²) in [6.45, 7) is 3.04. The van der Waals surface area contributed by atoms with Gasteiger partial charge in [-0.25, -0.2) is 24.2 Å². The molecular weight excluding hydrogens is 1280 g/mol. The molecule has 0 saturated carbocycles. The van der Waals surface area contributed by atoms with Crippen LogP contribution in [0.5, 0.6) is 11.5 Å². The van der Waals surface area contributed by atoms with Gasteiger partial charge in [-0.1, -0.05) is 50.2 Å². The maximum Gasteiger partial charge on any atom is 0.415 e. The van der Waals surface area contributed by atoms with Crippen LogP contribution < -0.4 is 47.7 Å². The van der Waals surface area contributed by atoms with E-state index in [0.29, 0.717) is 57.5 Å². The SMILES string of the molecule is CC(C)C(NC(=O)OCCOCCN1C(=O)C=CC1=O)C(=O)N[C@@H](CCCNC(N)=O)C(=O)Nc1ccc(COC(=O)N(C)CCN(CCCC[C@H](N)C(=O)O)C(=O)Oc2cc3c(c4ccccc24)[C@H](CCl)CN3C(=O)c2cn3cc(NC(=O)c4ccc(O)cc4)ccc3n2)cc1. The Hall–Kier alpha value is -10.9. The number of halogens is 1. The number of nitrogens with one attached hydrogen (secondary N) is 5. The van der Waals surface area contributed by atoms with Crippen LogP contribution in [0.2, 0.25) is 0 Å². The minimum Gasteiger partial charge on any atom is -0.508 e. The number of benzene rings is 4. The standard InChI is InChI=1S/C66H76ClN13O17/c1-39(2)57(75-64(91)95-32-31-94-30-29-79-54(82)23-24-55(79)83)60(86)74-49(12-8-25-70-63(69)90)59(85)71-43-17-13-40(14-18-43)38-96-65(92)76(3)27-28-77(26-7-6-11-48(68)62(88)89)66(93)97-52-33-51-56(47-10-5-4-9-46(47)52)42(34-67)35-80(51)61(87)50-37-78-36-44(19-22-53(78)73-50)72-58(84)41-15-20-45(81)21-16-41/h4-5,9-10,13-24,33,36-37,39,42,48-49,57,81H,6-8,11-12,25-32,34-35,38,68H2,1-3H3,(H,71,85)(H,72,84)(H,74,86)(H,75,91)(H,88,89)(H3,69,70,90)/t42-,48+,49+,57?/m1/s1. The number of pyridine rings is 1. The number of nitrogens with two attached hydrogens (primary N) is 2. The first-order valence-corrected chi connectivity index (χ1v) is 31.7. The Balaban J connectivity index is 0.876. The van der Waals surface area contributed by atoms with Crippen molar-refractivity contribution in [3.63, 3.8) is 0 Å². The Morgan fingerprint density at radius 3 is 2.18 bits per heavy atom. The number of hydrogen-bond donors (Lipinski definition) is 9. The average molecular weight is 1360 g/mol. The van der Waals surface area contributed by atoms with E-state index in [0.717, 1.165) is 22.6 Å². The number of fused-ring (bicyclic) bond motifs is 4.